The molecule has 0 aliphatic carbocycles. The minimum atomic E-state index is -0.0937. The van der Waals surface area contributed by atoms with Gasteiger partial charge >= 0.3 is 0 Å². The lowest BCUT2D eigenvalue weighted by Gasteiger charge is -2.48. The van der Waals surface area contributed by atoms with Crippen LogP contribution in [0.3, 0.4) is 0 Å². The van der Waals surface area contributed by atoms with Gasteiger partial charge in [-0.1, -0.05) is 6.42 Å². The Bertz CT molecular complexity index is 522. The zero-order chi connectivity index (χ0) is 16.1. The van der Waals surface area contributed by atoms with Crippen molar-refractivity contribution in [3.8, 4) is 0 Å². The van der Waals surface area contributed by atoms with Gasteiger partial charge in [-0.05, 0) is 38.8 Å². The van der Waals surface area contributed by atoms with Crippen LogP contribution < -0.4 is 11.1 Å². The maximum absolute atomic E-state index is 12.4. The van der Waals surface area contributed by atoms with Crippen molar-refractivity contribution in [2.75, 3.05) is 32.8 Å². The summed E-state index contributed by atoms with van der Waals surface area (Å²) in [7, 11) is 0. The Morgan fingerprint density at radius 3 is 2.74 bits per heavy atom. The van der Waals surface area contributed by atoms with E-state index in [9.17, 15) is 4.79 Å². The first-order valence-corrected chi connectivity index (χ1v) is 9.37. The van der Waals surface area contributed by atoms with Crippen LogP contribution in [0.15, 0.2) is 5.38 Å². The van der Waals surface area contributed by atoms with Crippen LogP contribution in [-0.4, -0.2) is 54.2 Å². The van der Waals surface area contributed by atoms with E-state index in [4.69, 9.17) is 10.5 Å². The summed E-state index contributed by atoms with van der Waals surface area (Å²) in [5, 5.41) is 5.70. The van der Waals surface area contributed by atoms with E-state index in [0.717, 1.165) is 44.2 Å². The topological polar surface area (TPSA) is 80.5 Å². The van der Waals surface area contributed by atoms with Gasteiger partial charge in [-0.25, -0.2) is 4.98 Å². The number of aromatic nitrogens is 1. The van der Waals surface area contributed by atoms with Gasteiger partial charge in [-0.15, -0.1) is 11.3 Å². The van der Waals surface area contributed by atoms with Gasteiger partial charge in [-0.2, -0.15) is 0 Å². The fourth-order valence-corrected chi connectivity index (χ4v) is 4.22. The van der Waals surface area contributed by atoms with Crippen molar-refractivity contribution in [3.63, 3.8) is 0 Å². The number of nitrogens with one attached hydrogen (secondary N) is 1. The molecule has 3 rings (SSSR count). The van der Waals surface area contributed by atoms with Crippen LogP contribution in [0.25, 0.3) is 0 Å². The molecule has 23 heavy (non-hydrogen) atoms. The van der Waals surface area contributed by atoms with Crippen molar-refractivity contribution >= 4 is 17.2 Å². The molecule has 2 aliphatic heterocycles. The Kier molecular flexibility index (Phi) is 5.63. The third-order valence-corrected chi connectivity index (χ3v) is 5.86. The van der Waals surface area contributed by atoms with Crippen LogP contribution in [0, 0.1) is 0 Å². The molecule has 2 fully saturated rings. The van der Waals surface area contributed by atoms with Gasteiger partial charge < -0.3 is 15.8 Å². The normalized spacial score (nSPS) is 22.0. The van der Waals surface area contributed by atoms with Crippen molar-refractivity contribution in [2.24, 2.45) is 5.73 Å². The van der Waals surface area contributed by atoms with Crippen LogP contribution in [0.4, 0.5) is 0 Å². The number of piperidine rings is 1. The van der Waals surface area contributed by atoms with Crippen molar-refractivity contribution in [1.82, 2.24) is 15.2 Å². The summed E-state index contributed by atoms with van der Waals surface area (Å²) < 4.78 is 5.56. The molecule has 7 heteroatoms. The largest absolute Gasteiger partial charge is 0.381 e. The van der Waals surface area contributed by atoms with Crippen molar-refractivity contribution < 1.29 is 9.53 Å². The first-order valence-electron chi connectivity index (χ1n) is 8.49. The highest BCUT2D eigenvalue weighted by Crippen LogP contribution is 2.30. The molecule has 2 saturated heterocycles. The molecule has 0 radical (unpaired) electrons. The second-order valence-electron chi connectivity index (χ2n) is 6.40. The van der Waals surface area contributed by atoms with Crippen molar-refractivity contribution in [3.05, 3.63) is 16.1 Å². The summed E-state index contributed by atoms with van der Waals surface area (Å²) in [6.45, 7) is 4.87. The van der Waals surface area contributed by atoms with Crippen molar-refractivity contribution in [1.29, 1.82) is 0 Å². The number of hydrogen-bond donors (Lipinski definition) is 2. The number of amides is 1. The Morgan fingerprint density at radius 1 is 1.35 bits per heavy atom. The molecule has 0 aromatic carbocycles. The molecular formula is C16H26N4O2S. The summed E-state index contributed by atoms with van der Waals surface area (Å²) in [5.74, 6) is -0.0937. The average Bonchev–Trinajstić information content (AvgIpc) is 3.10. The SMILES string of the molecule is NCc1nc(C(=O)NCC2(N3CCCCC3)CCOCC2)cs1. The van der Waals surface area contributed by atoms with Crippen LogP contribution in [0.2, 0.25) is 0 Å². The van der Waals surface area contributed by atoms with Crippen LogP contribution in [0.1, 0.15) is 47.6 Å². The lowest BCUT2D eigenvalue weighted by molar-refractivity contribution is -0.0349. The van der Waals surface area contributed by atoms with E-state index in [1.54, 1.807) is 5.38 Å². The third kappa shape index (κ3) is 3.91. The Balaban J connectivity index is 1.65. The summed E-state index contributed by atoms with van der Waals surface area (Å²) >= 11 is 1.44. The average molecular weight is 338 g/mol. The lowest BCUT2D eigenvalue weighted by atomic mass is 9.86. The molecule has 6 nitrogen and oxygen atoms in total. The number of nitrogens with zero attached hydrogens (tertiary/aromatic N) is 2. The Labute approximate surface area is 141 Å². The molecule has 1 amide bonds. The molecule has 0 spiro atoms. The predicted molar refractivity (Wildman–Crippen MR) is 90.5 cm³/mol. The first kappa shape index (κ1) is 16.8. The summed E-state index contributed by atoms with van der Waals surface area (Å²) in [6, 6.07) is 0. The highest BCUT2D eigenvalue weighted by Gasteiger charge is 2.39. The van der Waals surface area contributed by atoms with Gasteiger partial charge in [0.25, 0.3) is 5.91 Å². The molecule has 1 aromatic rings. The molecule has 128 valence electrons. The van der Waals surface area contributed by atoms with E-state index >= 15 is 0 Å². The number of hydrogen-bond acceptors (Lipinski definition) is 6. The number of rotatable bonds is 5. The standard InChI is InChI=1S/C16H26N4O2S/c17-10-14-19-13(11-23-14)15(21)18-12-16(4-8-22-9-5-16)20-6-2-1-3-7-20/h11H,1-10,12,17H2,(H,18,21). The minimum absolute atomic E-state index is 0.0427. The quantitative estimate of drug-likeness (QED) is 0.847. The summed E-state index contributed by atoms with van der Waals surface area (Å²) in [6.07, 6.45) is 5.79. The molecule has 0 saturated carbocycles. The Hall–Kier alpha value is -1.02. The number of ether oxygens (including phenoxy) is 1. The van der Waals surface area contributed by atoms with Crippen LogP contribution >= 0.6 is 11.3 Å². The van der Waals surface area contributed by atoms with Gasteiger partial charge in [0.15, 0.2) is 0 Å². The molecule has 3 heterocycles. The molecular weight excluding hydrogens is 312 g/mol. The fourth-order valence-electron chi connectivity index (χ4n) is 3.57. The molecule has 0 atom stereocenters. The molecule has 2 aliphatic rings. The highest BCUT2D eigenvalue weighted by molar-refractivity contribution is 7.09. The van der Waals surface area contributed by atoms with Gasteiger partial charge in [-0.3, -0.25) is 9.69 Å². The Morgan fingerprint density at radius 2 is 2.09 bits per heavy atom. The van der Waals surface area contributed by atoms with E-state index in [0.29, 0.717) is 18.8 Å². The van der Waals surface area contributed by atoms with Gasteiger partial charge in [0.2, 0.25) is 0 Å². The van der Waals surface area contributed by atoms with E-state index in [1.807, 2.05) is 0 Å². The fraction of sp³-hybridized carbons (Fsp3) is 0.750. The predicted octanol–water partition coefficient (Wildman–Crippen LogP) is 1.37. The van der Waals surface area contributed by atoms with E-state index in [2.05, 4.69) is 15.2 Å². The third-order valence-electron chi connectivity index (χ3n) is 4.99. The van der Waals surface area contributed by atoms with Gasteiger partial charge in [0.05, 0.1) is 0 Å². The van der Waals surface area contributed by atoms with Gasteiger partial charge in [0.1, 0.15) is 10.7 Å². The maximum atomic E-state index is 12.4. The van der Waals surface area contributed by atoms with Crippen LogP contribution in [0.5, 0.6) is 0 Å². The number of carbonyl (C=O) groups excluding carboxylic acids is 1. The van der Waals surface area contributed by atoms with E-state index in [1.165, 1.54) is 30.6 Å². The zero-order valence-corrected chi connectivity index (χ0v) is 14.4. The maximum Gasteiger partial charge on any atom is 0.270 e. The summed E-state index contributed by atoms with van der Waals surface area (Å²) in [4.78, 5) is 19.2. The molecule has 1 aromatic heterocycles. The number of likely N-dealkylation sites (tertiary alicyclic amines) is 1. The first-order chi connectivity index (χ1) is 11.2. The second-order valence-corrected chi connectivity index (χ2v) is 7.34. The summed E-state index contributed by atoms with van der Waals surface area (Å²) in [5.41, 5.74) is 6.09. The van der Waals surface area contributed by atoms with Crippen LogP contribution in [-0.2, 0) is 11.3 Å². The highest BCUT2D eigenvalue weighted by atomic mass is 32.1. The second kappa shape index (κ2) is 7.70. The van der Waals surface area contributed by atoms with Gasteiger partial charge in [0, 0.05) is 37.2 Å². The smallest absolute Gasteiger partial charge is 0.270 e. The molecule has 3 N–H and O–H groups in total. The number of carbonyl (C=O) groups is 1. The number of thiazole rings is 1. The zero-order valence-electron chi connectivity index (χ0n) is 13.6. The molecule has 0 bridgehead atoms. The van der Waals surface area contributed by atoms with Crippen molar-refractivity contribution in [2.45, 2.75) is 44.2 Å². The lowest BCUT2D eigenvalue weighted by Crippen LogP contribution is -2.59. The van der Waals surface area contributed by atoms with E-state index < -0.39 is 0 Å². The number of nitrogens with two attached hydrogens (primary N) is 1. The molecule has 0 unspecified atom stereocenters. The minimum Gasteiger partial charge on any atom is -0.381 e. The monoisotopic (exact) mass is 338 g/mol. The van der Waals surface area contributed by atoms with E-state index in [-0.39, 0.29) is 11.4 Å².